The first-order valence-electron chi connectivity index (χ1n) is 12.2. The van der Waals surface area contributed by atoms with E-state index in [1.54, 1.807) is 36.7 Å². The number of aromatic amines is 1. The van der Waals surface area contributed by atoms with Crippen LogP contribution in [0.2, 0.25) is 0 Å². The molecule has 41 heavy (non-hydrogen) atoms. The van der Waals surface area contributed by atoms with Crippen LogP contribution in [0.3, 0.4) is 0 Å². The zero-order valence-electron chi connectivity index (χ0n) is 21.6. The van der Waals surface area contributed by atoms with Crippen molar-refractivity contribution >= 4 is 23.5 Å². The van der Waals surface area contributed by atoms with Gasteiger partial charge in [-0.3, -0.25) is 14.6 Å². The van der Waals surface area contributed by atoms with Gasteiger partial charge in [0.05, 0.1) is 42.2 Å². The number of imidazole rings is 1. The molecule has 1 aliphatic heterocycles. The fraction of sp³-hybridized carbons (Fsp3) is 0.222. The number of pyridine rings is 1. The highest BCUT2D eigenvalue weighted by Crippen LogP contribution is 2.39. The van der Waals surface area contributed by atoms with E-state index in [2.05, 4.69) is 30.2 Å². The summed E-state index contributed by atoms with van der Waals surface area (Å²) in [7, 11) is 0. The van der Waals surface area contributed by atoms with Crippen molar-refractivity contribution in [2.45, 2.75) is 12.7 Å². The third-order valence-electron chi connectivity index (χ3n) is 6.24. The summed E-state index contributed by atoms with van der Waals surface area (Å²) in [5, 5.41) is 11.8. The van der Waals surface area contributed by atoms with E-state index >= 15 is 0 Å². The molecule has 1 fully saturated rings. The Balaban J connectivity index is 1.55. The van der Waals surface area contributed by atoms with Gasteiger partial charge in [0, 0.05) is 18.0 Å². The molecule has 14 heteroatoms. The van der Waals surface area contributed by atoms with Crippen LogP contribution in [0.4, 0.5) is 16.0 Å². The van der Waals surface area contributed by atoms with Crippen molar-refractivity contribution in [1.29, 1.82) is 5.26 Å². The maximum Gasteiger partial charge on any atom is 0.317 e. The number of anilines is 2. The van der Waals surface area contributed by atoms with E-state index in [0.717, 1.165) is 0 Å². The Morgan fingerprint density at radius 2 is 1.93 bits per heavy atom. The monoisotopic (exact) mass is 558 g/mol. The highest BCUT2D eigenvalue weighted by Gasteiger charge is 2.54. The number of nitrogens with one attached hydrogen (secondary N) is 2. The number of benzene rings is 1. The summed E-state index contributed by atoms with van der Waals surface area (Å²) in [5.41, 5.74) is 6.57. The predicted molar refractivity (Wildman–Crippen MR) is 140 cm³/mol. The van der Waals surface area contributed by atoms with Crippen LogP contribution in [0.5, 0.6) is 0 Å². The molecule has 208 valence electrons. The van der Waals surface area contributed by atoms with Crippen molar-refractivity contribution in [3.8, 4) is 28.7 Å². The van der Waals surface area contributed by atoms with Crippen molar-refractivity contribution in [2.24, 2.45) is 11.1 Å². The fourth-order valence-corrected chi connectivity index (χ4v) is 4.05. The topological polar surface area (TPSA) is 191 Å². The van der Waals surface area contributed by atoms with E-state index in [4.69, 9.17) is 25.2 Å². The lowest BCUT2D eigenvalue weighted by molar-refractivity contribution is -0.293. The van der Waals surface area contributed by atoms with Gasteiger partial charge in [-0.1, -0.05) is 0 Å². The van der Waals surface area contributed by atoms with Gasteiger partial charge in [0.2, 0.25) is 5.95 Å². The lowest BCUT2D eigenvalue weighted by Crippen LogP contribution is -2.56. The van der Waals surface area contributed by atoms with Crippen LogP contribution in [0.25, 0.3) is 22.6 Å². The van der Waals surface area contributed by atoms with E-state index in [0.29, 0.717) is 28.3 Å². The number of carbonyl (C=O) groups is 2. The molecular formula is C27H23FN8O5. The number of nitriles is 1. The van der Waals surface area contributed by atoms with Crippen LogP contribution in [0, 0.1) is 22.6 Å². The number of carbonyl (C=O) groups excluding carboxylic acids is 2. The number of primary amides is 1. The third-order valence-corrected chi connectivity index (χ3v) is 6.24. The minimum atomic E-state index is -2.20. The normalized spacial score (nSPS) is 20.1. The molecule has 4 aromatic rings. The molecule has 13 nitrogen and oxygen atoms in total. The Morgan fingerprint density at radius 1 is 1.17 bits per heavy atom. The molecule has 0 saturated carbocycles. The molecule has 1 amide bonds. The summed E-state index contributed by atoms with van der Waals surface area (Å²) < 4.78 is 30.3. The summed E-state index contributed by atoms with van der Waals surface area (Å²) in [5.74, 6) is -4.29. The molecule has 1 aromatic carbocycles. The van der Waals surface area contributed by atoms with Crippen molar-refractivity contribution in [3.05, 3.63) is 72.7 Å². The Morgan fingerprint density at radius 3 is 2.59 bits per heavy atom. The van der Waals surface area contributed by atoms with Crippen LogP contribution in [-0.2, 0) is 29.6 Å². The summed E-state index contributed by atoms with van der Waals surface area (Å²) >= 11 is 0. The number of halogens is 1. The minimum absolute atomic E-state index is 0.118. The Bertz CT molecular complexity index is 1610. The Hall–Kier alpha value is -5.26. The molecule has 0 spiro atoms. The number of aromatic nitrogens is 5. The highest BCUT2D eigenvalue weighted by molar-refractivity contribution is 5.85. The number of hydrogen-bond donors (Lipinski definition) is 3. The minimum Gasteiger partial charge on any atom is -0.450 e. The van der Waals surface area contributed by atoms with E-state index in [9.17, 15) is 14.0 Å². The van der Waals surface area contributed by atoms with Gasteiger partial charge in [0.15, 0.2) is 12.4 Å². The van der Waals surface area contributed by atoms with Gasteiger partial charge in [-0.2, -0.15) is 5.26 Å². The Labute approximate surface area is 232 Å². The number of hydrogen-bond acceptors (Lipinski definition) is 11. The third kappa shape index (κ3) is 5.44. The number of nitrogens with two attached hydrogens (primary N) is 1. The van der Waals surface area contributed by atoms with Gasteiger partial charge in [-0.25, -0.2) is 19.3 Å². The standard InChI is InChI=1S/C27H23FN8O5/c1-26(24(38)39-12-9-29)14-40-27(22(30)37,41-15-26)23-35-20(16-4-6-17(28)7-5-16)21(36-23)19-8-11-32-25(34-19)33-18-3-2-10-31-13-18/h2-8,10-11,13H,12,14-15H2,1H3,(H2,30,37)(H,35,36)(H,32,33,34). The first-order valence-corrected chi connectivity index (χ1v) is 12.2. The van der Waals surface area contributed by atoms with Crippen LogP contribution in [0.1, 0.15) is 12.7 Å². The maximum absolute atomic E-state index is 13.7. The SMILES string of the molecule is CC1(C(=O)OCC#N)COC(C(N)=O)(c2nc(-c3ccc(F)cc3)c(-c3ccnc(Nc4cccnc4)n3)[nH]2)OC1. The largest absolute Gasteiger partial charge is 0.450 e. The zero-order chi connectivity index (χ0) is 29.0. The summed E-state index contributed by atoms with van der Waals surface area (Å²) in [6.45, 7) is 0.408. The van der Waals surface area contributed by atoms with E-state index in [1.165, 1.54) is 37.4 Å². The summed E-state index contributed by atoms with van der Waals surface area (Å²) in [4.78, 5) is 45.8. The molecule has 3 aromatic heterocycles. The molecule has 4 heterocycles. The first-order chi connectivity index (χ1) is 19.7. The molecule has 0 bridgehead atoms. The number of ether oxygens (including phenoxy) is 3. The second kappa shape index (κ2) is 11.1. The van der Waals surface area contributed by atoms with Gasteiger partial charge < -0.3 is 30.2 Å². The van der Waals surface area contributed by atoms with Crippen molar-refractivity contribution in [2.75, 3.05) is 25.1 Å². The fourth-order valence-electron chi connectivity index (χ4n) is 4.05. The number of esters is 1. The molecule has 0 radical (unpaired) electrons. The molecule has 5 rings (SSSR count). The van der Waals surface area contributed by atoms with E-state index in [-0.39, 0.29) is 25.0 Å². The molecular weight excluding hydrogens is 535 g/mol. The van der Waals surface area contributed by atoms with Gasteiger partial charge in [-0.05, 0) is 49.4 Å². The van der Waals surface area contributed by atoms with Crippen LogP contribution in [0.15, 0.2) is 61.1 Å². The second-order valence-corrected chi connectivity index (χ2v) is 9.30. The average Bonchev–Trinajstić information content (AvgIpc) is 3.43. The number of nitrogens with zero attached hydrogens (tertiary/aromatic N) is 5. The van der Waals surface area contributed by atoms with E-state index in [1.807, 2.05) is 0 Å². The van der Waals surface area contributed by atoms with Gasteiger partial charge in [0.1, 0.15) is 17.3 Å². The predicted octanol–water partition coefficient (Wildman–Crippen LogP) is 2.57. The second-order valence-electron chi connectivity index (χ2n) is 9.30. The van der Waals surface area contributed by atoms with Crippen LogP contribution in [-0.4, -0.2) is 56.6 Å². The maximum atomic E-state index is 13.7. The Kier molecular flexibility index (Phi) is 7.38. The smallest absolute Gasteiger partial charge is 0.317 e. The number of H-pyrrole nitrogens is 1. The summed E-state index contributed by atoms with van der Waals surface area (Å²) in [6, 6.07) is 12.4. The molecule has 0 aliphatic carbocycles. The van der Waals surface area contributed by atoms with Crippen molar-refractivity contribution in [1.82, 2.24) is 24.9 Å². The number of amides is 1. The number of rotatable bonds is 8. The first kappa shape index (κ1) is 27.3. The lowest BCUT2D eigenvalue weighted by Gasteiger charge is -2.40. The molecule has 4 N–H and O–H groups in total. The van der Waals surface area contributed by atoms with Crippen molar-refractivity contribution < 1.29 is 28.2 Å². The van der Waals surface area contributed by atoms with Crippen LogP contribution < -0.4 is 11.1 Å². The van der Waals surface area contributed by atoms with Gasteiger partial charge >= 0.3 is 11.8 Å². The quantitative estimate of drug-likeness (QED) is 0.269. The highest BCUT2D eigenvalue weighted by atomic mass is 19.1. The van der Waals surface area contributed by atoms with Crippen LogP contribution >= 0.6 is 0 Å². The molecule has 1 saturated heterocycles. The molecule has 0 atom stereocenters. The lowest BCUT2D eigenvalue weighted by atomic mass is 9.91. The van der Waals surface area contributed by atoms with Gasteiger partial charge in [-0.15, -0.1) is 0 Å². The zero-order valence-corrected chi connectivity index (χ0v) is 21.6. The van der Waals surface area contributed by atoms with E-state index < -0.39 is 35.5 Å². The molecule has 1 aliphatic rings. The molecule has 0 unspecified atom stereocenters. The van der Waals surface area contributed by atoms with Gasteiger partial charge in [0.25, 0.3) is 5.91 Å². The summed E-state index contributed by atoms with van der Waals surface area (Å²) in [6.07, 6.45) is 4.75. The van der Waals surface area contributed by atoms with Crippen molar-refractivity contribution in [3.63, 3.8) is 0 Å². The average molecular weight is 559 g/mol.